The summed E-state index contributed by atoms with van der Waals surface area (Å²) in [6.07, 6.45) is 3.17. The van der Waals surface area contributed by atoms with Crippen molar-refractivity contribution in [3.63, 3.8) is 0 Å². The molecule has 86 valence electrons. The van der Waals surface area contributed by atoms with Gasteiger partial charge < -0.3 is 0 Å². The molecule has 0 unspecified atom stereocenters. The molecule has 0 saturated heterocycles. The zero-order valence-corrected chi connectivity index (χ0v) is 12.0. The Kier molecular flexibility index (Phi) is 7.04. The molecule has 0 aromatic heterocycles. The molecular formula is C9H12BiN3O3. The summed E-state index contributed by atoms with van der Waals surface area (Å²) in [7, 11) is 0. The number of amides is 3. The van der Waals surface area contributed by atoms with Gasteiger partial charge >= 0.3 is 102 Å². The van der Waals surface area contributed by atoms with Crippen LogP contribution in [-0.4, -0.2) is 40.3 Å². The normalized spacial score (nSPS) is 8.81. The summed E-state index contributed by atoms with van der Waals surface area (Å²) >= 11 is -3.14. The maximum atomic E-state index is 11.0. The van der Waals surface area contributed by atoms with Crippen molar-refractivity contribution in [3.05, 3.63) is 38.0 Å². The van der Waals surface area contributed by atoms with Crippen molar-refractivity contribution in [3.8, 4) is 0 Å². The Morgan fingerprint density at radius 2 is 1.00 bits per heavy atom. The predicted octanol–water partition coefficient (Wildman–Crippen LogP) is -1.12. The molecule has 0 aromatic carbocycles. The topological polar surface area (TPSA) is 87.3 Å². The first-order chi connectivity index (χ1) is 7.53. The molecule has 0 rings (SSSR count). The van der Waals surface area contributed by atoms with Gasteiger partial charge in [0.1, 0.15) is 0 Å². The van der Waals surface area contributed by atoms with E-state index in [0.29, 0.717) is 0 Å². The zero-order chi connectivity index (χ0) is 12.6. The molecule has 6 nitrogen and oxygen atoms in total. The van der Waals surface area contributed by atoms with Crippen LogP contribution in [0.15, 0.2) is 38.0 Å². The van der Waals surface area contributed by atoms with Crippen molar-refractivity contribution < 1.29 is 14.4 Å². The number of carbonyl (C=O) groups is 3. The van der Waals surface area contributed by atoms with E-state index < -0.39 is 40.3 Å². The van der Waals surface area contributed by atoms with Gasteiger partial charge in [0.15, 0.2) is 0 Å². The summed E-state index contributed by atoms with van der Waals surface area (Å²) in [5, 5.41) is 0. The molecule has 0 heterocycles. The average Bonchev–Trinajstić information content (AvgIpc) is 2.28. The second kappa shape index (κ2) is 7.76. The van der Waals surface area contributed by atoms with E-state index in [4.69, 9.17) is 0 Å². The van der Waals surface area contributed by atoms with Crippen LogP contribution in [0.1, 0.15) is 0 Å². The molecule has 0 aromatic rings. The summed E-state index contributed by atoms with van der Waals surface area (Å²) in [5.74, 6) is -1.36. The van der Waals surface area contributed by atoms with Crippen molar-refractivity contribution >= 4 is 40.3 Å². The zero-order valence-electron chi connectivity index (χ0n) is 8.53. The second-order valence-electron chi connectivity index (χ2n) is 2.38. The van der Waals surface area contributed by atoms with Gasteiger partial charge in [0.25, 0.3) is 0 Å². The monoisotopic (exact) mass is 419 g/mol. The predicted molar refractivity (Wildman–Crippen MR) is 60.8 cm³/mol. The summed E-state index contributed by atoms with van der Waals surface area (Å²) < 4.78 is 7.45. The van der Waals surface area contributed by atoms with Crippen LogP contribution in [0.25, 0.3) is 0 Å². The SMILES string of the molecule is C=CC(=O)[NH][Bi]([NH]C(=O)C=C)[NH]C(=O)C=C. The summed E-state index contributed by atoms with van der Waals surface area (Å²) in [6, 6.07) is 0. The van der Waals surface area contributed by atoms with Crippen molar-refractivity contribution in [2.75, 3.05) is 0 Å². The molecular weight excluding hydrogens is 407 g/mol. The van der Waals surface area contributed by atoms with E-state index in [1.165, 1.54) is 0 Å². The summed E-state index contributed by atoms with van der Waals surface area (Å²) in [5.41, 5.74) is 0. The first-order valence-corrected chi connectivity index (χ1v) is 9.34. The fourth-order valence-corrected chi connectivity index (χ4v) is 4.84. The van der Waals surface area contributed by atoms with Crippen molar-refractivity contribution in [2.45, 2.75) is 0 Å². The molecule has 0 aliphatic rings. The van der Waals surface area contributed by atoms with Crippen LogP contribution < -0.4 is 9.78 Å². The molecule has 0 spiro atoms. The molecule has 0 radical (unpaired) electrons. The van der Waals surface area contributed by atoms with Crippen LogP contribution in [0.4, 0.5) is 0 Å². The maximum absolute atomic E-state index is 11.0. The standard InChI is InChI=1S/3C3H5NO.Bi/c3*1-2-3(4)5;/h3*2H,1H2,(H2,4,5);/q;;;+3/p-3. The first kappa shape index (κ1) is 14.5. The Bertz CT molecular complexity index is 289. The fourth-order valence-electron chi connectivity index (χ4n) is 0.551. The first-order valence-electron chi connectivity index (χ1n) is 4.12. The third-order valence-corrected chi connectivity index (χ3v) is 6.40. The van der Waals surface area contributed by atoms with E-state index >= 15 is 0 Å². The van der Waals surface area contributed by atoms with Crippen LogP contribution in [0, 0.1) is 0 Å². The van der Waals surface area contributed by atoms with Gasteiger partial charge in [-0.1, -0.05) is 0 Å². The van der Waals surface area contributed by atoms with Crippen LogP contribution in [0.2, 0.25) is 0 Å². The van der Waals surface area contributed by atoms with E-state index in [2.05, 4.69) is 29.5 Å². The molecule has 0 bridgehead atoms. The summed E-state index contributed by atoms with van der Waals surface area (Å²) in [6.45, 7) is 9.80. The number of rotatable bonds is 6. The minimum absolute atomic E-state index is 0.452. The van der Waals surface area contributed by atoms with E-state index in [0.717, 1.165) is 18.2 Å². The average molecular weight is 419 g/mol. The van der Waals surface area contributed by atoms with Crippen LogP contribution in [0.3, 0.4) is 0 Å². The Morgan fingerprint density at radius 3 is 1.19 bits per heavy atom. The Labute approximate surface area is 102 Å². The molecule has 0 atom stereocenters. The summed E-state index contributed by atoms with van der Waals surface area (Å²) in [4.78, 5) is 33.1. The van der Waals surface area contributed by atoms with Gasteiger partial charge in [0, 0.05) is 0 Å². The number of carbonyl (C=O) groups excluding carboxylic acids is 3. The Balaban J connectivity index is 4.48. The quantitative estimate of drug-likeness (QED) is 0.377. The van der Waals surface area contributed by atoms with Crippen LogP contribution >= 0.6 is 0 Å². The molecule has 16 heavy (non-hydrogen) atoms. The fraction of sp³-hybridized carbons (Fsp3) is 0. The molecule has 0 aliphatic carbocycles. The van der Waals surface area contributed by atoms with E-state index in [1.807, 2.05) is 0 Å². The van der Waals surface area contributed by atoms with Gasteiger partial charge in [-0.15, -0.1) is 0 Å². The van der Waals surface area contributed by atoms with Crippen molar-refractivity contribution in [1.29, 1.82) is 0 Å². The molecule has 3 amide bonds. The molecule has 3 N–H and O–H groups in total. The van der Waals surface area contributed by atoms with Crippen molar-refractivity contribution in [2.24, 2.45) is 0 Å². The van der Waals surface area contributed by atoms with Gasteiger partial charge in [-0.25, -0.2) is 0 Å². The van der Waals surface area contributed by atoms with Gasteiger partial charge in [0.05, 0.1) is 0 Å². The number of hydrogen-bond donors (Lipinski definition) is 3. The van der Waals surface area contributed by atoms with Crippen molar-refractivity contribution in [1.82, 2.24) is 9.78 Å². The minimum atomic E-state index is -3.14. The Morgan fingerprint density at radius 1 is 0.750 bits per heavy atom. The third kappa shape index (κ3) is 6.08. The molecule has 0 saturated carbocycles. The van der Waals surface area contributed by atoms with Gasteiger partial charge in [-0.2, -0.15) is 0 Å². The van der Waals surface area contributed by atoms with Crippen LogP contribution in [0.5, 0.6) is 0 Å². The van der Waals surface area contributed by atoms with E-state index in [-0.39, 0.29) is 0 Å². The van der Waals surface area contributed by atoms with Gasteiger partial charge in [-0.05, 0) is 0 Å². The molecule has 0 aliphatic heterocycles. The number of hydrogen-bond acceptors (Lipinski definition) is 3. The Hall–Kier alpha value is -1.49. The van der Waals surface area contributed by atoms with Crippen LogP contribution in [-0.2, 0) is 14.4 Å². The second-order valence-corrected chi connectivity index (χ2v) is 7.59. The molecule has 7 heteroatoms. The third-order valence-electron chi connectivity index (χ3n) is 1.22. The van der Waals surface area contributed by atoms with E-state index in [1.54, 1.807) is 0 Å². The molecule has 0 fully saturated rings. The van der Waals surface area contributed by atoms with Gasteiger partial charge in [0.2, 0.25) is 0 Å². The van der Waals surface area contributed by atoms with Gasteiger partial charge in [-0.3, -0.25) is 0 Å². The number of nitrogens with one attached hydrogen (secondary N) is 3. The van der Waals surface area contributed by atoms with E-state index in [9.17, 15) is 14.4 Å².